The maximum Gasteiger partial charge on any atom is 0.147 e. The third-order valence-electron chi connectivity index (χ3n) is 4.04. The van der Waals surface area contributed by atoms with E-state index in [1.807, 2.05) is 0 Å². The van der Waals surface area contributed by atoms with Gasteiger partial charge in [-0.3, -0.25) is 4.90 Å². The van der Waals surface area contributed by atoms with E-state index in [1.165, 1.54) is 0 Å². The lowest BCUT2D eigenvalue weighted by atomic mass is 10.2. The van der Waals surface area contributed by atoms with Crippen LogP contribution >= 0.6 is 23.2 Å². The number of halogens is 2. The summed E-state index contributed by atoms with van der Waals surface area (Å²) in [5.41, 5.74) is 0. The van der Waals surface area contributed by atoms with Gasteiger partial charge in [-0.1, -0.05) is 23.2 Å². The monoisotopic (exact) mass is 315 g/mol. The first kappa shape index (κ1) is 14.4. The molecule has 1 aromatic rings. The number of ether oxygens (including phenoxy) is 1. The van der Waals surface area contributed by atoms with E-state index < -0.39 is 0 Å². The van der Waals surface area contributed by atoms with Gasteiger partial charge in [-0.05, 0) is 18.9 Å². The van der Waals surface area contributed by atoms with Crippen molar-refractivity contribution < 1.29 is 4.74 Å². The molecule has 2 saturated heterocycles. The molecule has 2 aliphatic rings. The molecule has 0 radical (unpaired) electrons. The molecule has 0 aromatic carbocycles. The Kier molecular flexibility index (Phi) is 4.66. The Hall–Kier alpha value is -0.550. The first-order valence-electron chi connectivity index (χ1n) is 7.12. The van der Waals surface area contributed by atoms with Crippen LogP contribution in [0.1, 0.15) is 12.8 Å². The predicted octanol–water partition coefficient (Wildman–Crippen LogP) is 2.69. The van der Waals surface area contributed by atoms with Gasteiger partial charge in [0.25, 0.3) is 0 Å². The van der Waals surface area contributed by atoms with Crippen LogP contribution in [0.15, 0.2) is 12.3 Å². The Balaban J connectivity index is 1.67. The van der Waals surface area contributed by atoms with Crippen LogP contribution in [-0.4, -0.2) is 55.3 Å². The second-order valence-corrected chi connectivity index (χ2v) is 6.20. The summed E-state index contributed by atoms with van der Waals surface area (Å²) in [7, 11) is 0. The van der Waals surface area contributed by atoms with E-state index in [4.69, 9.17) is 27.9 Å². The van der Waals surface area contributed by atoms with Crippen molar-refractivity contribution in [3.8, 4) is 0 Å². The molecule has 0 N–H and O–H groups in total. The van der Waals surface area contributed by atoms with E-state index in [9.17, 15) is 0 Å². The highest BCUT2D eigenvalue weighted by atomic mass is 35.5. The maximum atomic E-state index is 6.26. The van der Waals surface area contributed by atoms with Crippen molar-refractivity contribution in [2.45, 2.75) is 18.9 Å². The van der Waals surface area contributed by atoms with E-state index in [2.05, 4.69) is 14.8 Å². The van der Waals surface area contributed by atoms with Crippen molar-refractivity contribution in [1.82, 2.24) is 9.88 Å². The fraction of sp³-hybridized carbons (Fsp3) is 0.643. The zero-order valence-corrected chi connectivity index (χ0v) is 12.9. The molecule has 1 atom stereocenters. The molecule has 20 heavy (non-hydrogen) atoms. The quantitative estimate of drug-likeness (QED) is 0.839. The molecule has 0 spiro atoms. The van der Waals surface area contributed by atoms with Gasteiger partial charge >= 0.3 is 0 Å². The molecule has 0 bridgehead atoms. The molecule has 4 nitrogen and oxygen atoms in total. The first-order valence-corrected chi connectivity index (χ1v) is 7.87. The fourth-order valence-corrected chi connectivity index (χ4v) is 3.46. The van der Waals surface area contributed by atoms with Crippen molar-refractivity contribution >= 4 is 29.0 Å². The molecule has 3 rings (SSSR count). The van der Waals surface area contributed by atoms with E-state index in [1.54, 1.807) is 12.3 Å². The SMILES string of the molecule is Clc1cnc(N2CCCN(C3CCOC3)CC2)c(Cl)c1. The normalized spacial score (nSPS) is 24.9. The Labute approximate surface area is 129 Å². The summed E-state index contributed by atoms with van der Waals surface area (Å²) in [5, 5.41) is 1.22. The van der Waals surface area contributed by atoms with E-state index in [0.717, 1.165) is 58.1 Å². The van der Waals surface area contributed by atoms with Crippen molar-refractivity contribution in [2.24, 2.45) is 0 Å². The summed E-state index contributed by atoms with van der Waals surface area (Å²) in [5.74, 6) is 0.848. The van der Waals surface area contributed by atoms with E-state index in [-0.39, 0.29) is 0 Å². The number of aromatic nitrogens is 1. The smallest absolute Gasteiger partial charge is 0.147 e. The zero-order valence-electron chi connectivity index (χ0n) is 11.4. The van der Waals surface area contributed by atoms with Crippen molar-refractivity contribution in [3.63, 3.8) is 0 Å². The molecule has 1 unspecified atom stereocenters. The van der Waals surface area contributed by atoms with Crippen molar-refractivity contribution in [3.05, 3.63) is 22.3 Å². The van der Waals surface area contributed by atoms with Crippen LogP contribution in [0.5, 0.6) is 0 Å². The number of anilines is 1. The fourth-order valence-electron chi connectivity index (χ4n) is 2.96. The number of nitrogens with zero attached hydrogens (tertiary/aromatic N) is 3. The van der Waals surface area contributed by atoms with Gasteiger partial charge in [0.15, 0.2) is 0 Å². The van der Waals surface area contributed by atoms with Crippen LogP contribution in [0.25, 0.3) is 0 Å². The van der Waals surface area contributed by atoms with Gasteiger partial charge in [-0.15, -0.1) is 0 Å². The summed E-state index contributed by atoms with van der Waals surface area (Å²) < 4.78 is 5.49. The molecular weight excluding hydrogens is 297 g/mol. The lowest BCUT2D eigenvalue weighted by molar-refractivity contribution is 0.148. The highest BCUT2D eigenvalue weighted by Gasteiger charge is 2.26. The summed E-state index contributed by atoms with van der Waals surface area (Å²) in [6.07, 6.45) is 3.94. The zero-order chi connectivity index (χ0) is 13.9. The highest BCUT2D eigenvalue weighted by Crippen LogP contribution is 2.27. The van der Waals surface area contributed by atoms with Crippen LogP contribution in [0.4, 0.5) is 5.82 Å². The van der Waals surface area contributed by atoms with Crippen LogP contribution in [0.3, 0.4) is 0 Å². The van der Waals surface area contributed by atoms with Crippen LogP contribution in [0, 0.1) is 0 Å². The lowest BCUT2D eigenvalue weighted by Gasteiger charge is -2.26. The molecule has 1 aromatic heterocycles. The second-order valence-electron chi connectivity index (χ2n) is 5.35. The Morgan fingerprint density at radius 2 is 2.10 bits per heavy atom. The van der Waals surface area contributed by atoms with Gasteiger partial charge in [0.1, 0.15) is 5.82 Å². The molecule has 3 heterocycles. The molecule has 0 saturated carbocycles. The number of rotatable bonds is 2. The van der Waals surface area contributed by atoms with Gasteiger partial charge in [-0.2, -0.15) is 0 Å². The van der Waals surface area contributed by atoms with Crippen LogP contribution < -0.4 is 4.90 Å². The summed E-state index contributed by atoms with van der Waals surface area (Å²) >= 11 is 12.2. The summed E-state index contributed by atoms with van der Waals surface area (Å²) in [6.45, 7) is 5.86. The Morgan fingerprint density at radius 3 is 2.85 bits per heavy atom. The van der Waals surface area contributed by atoms with Gasteiger partial charge in [0.2, 0.25) is 0 Å². The summed E-state index contributed by atoms with van der Waals surface area (Å²) in [6, 6.07) is 2.35. The molecule has 2 aliphatic heterocycles. The largest absolute Gasteiger partial charge is 0.380 e. The minimum absolute atomic E-state index is 0.582. The summed E-state index contributed by atoms with van der Waals surface area (Å²) in [4.78, 5) is 9.18. The average molecular weight is 316 g/mol. The number of pyridine rings is 1. The van der Waals surface area contributed by atoms with E-state index >= 15 is 0 Å². The Morgan fingerprint density at radius 1 is 1.20 bits per heavy atom. The Bertz CT molecular complexity index is 466. The van der Waals surface area contributed by atoms with Gasteiger partial charge in [-0.25, -0.2) is 4.98 Å². The maximum absolute atomic E-state index is 6.26. The van der Waals surface area contributed by atoms with E-state index in [0.29, 0.717) is 16.1 Å². The highest BCUT2D eigenvalue weighted by molar-refractivity contribution is 6.36. The van der Waals surface area contributed by atoms with Crippen LogP contribution in [-0.2, 0) is 4.74 Å². The molecule has 0 aliphatic carbocycles. The third kappa shape index (κ3) is 3.19. The van der Waals surface area contributed by atoms with Gasteiger partial charge < -0.3 is 9.64 Å². The topological polar surface area (TPSA) is 28.6 Å². The lowest BCUT2D eigenvalue weighted by Crippen LogP contribution is -2.38. The molecule has 0 amide bonds. The molecule has 2 fully saturated rings. The second kappa shape index (κ2) is 6.48. The average Bonchev–Trinajstić information content (AvgIpc) is 2.85. The van der Waals surface area contributed by atoms with Crippen molar-refractivity contribution in [1.29, 1.82) is 0 Å². The molecular formula is C14H19Cl2N3O. The molecule has 110 valence electrons. The first-order chi connectivity index (χ1) is 9.74. The van der Waals surface area contributed by atoms with Crippen molar-refractivity contribution in [2.75, 3.05) is 44.3 Å². The van der Waals surface area contributed by atoms with Crippen LogP contribution in [0.2, 0.25) is 10.0 Å². The number of hydrogen-bond donors (Lipinski definition) is 0. The standard InChI is InChI=1S/C14H19Cl2N3O/c15-11-8-13(16)14(17-9-11)19-4-1-3-18(5-6-19)12-2-7-20-10-12/h8-9,12H,1-7,10H2. The minimum Gasteiger partial charge on any atom is -0.380 e. The molecule has 6 heteroatoms. The number of hydrogen-bond acceptors (Lipinski definition) is 4. The predicted molar refractivity (Wildman–Crippen MR) is 81.9 cm³/mol. The third-order valence-corrected chi connectivity index (χ3v) is 4.53. The van der Waals surface area contributed by atoms with Gasteiger partial charge in [0.05, 0.1) is 16.7 Å². The minimum atomic E-state index is 0.582. The van der Waals surface area contributed by atoms with Gasteiger partial charge in [0, 0.05) is 45.0 Å².